The van der Waals surface area contributed by atoms with Crippen molar-refractivity contribution in [3.8, 4) is 0 Å². The van der Waals surface area contributed by atoms with Gasteiger partial charge in [0.25, 0.3) is 5.91 Å². The molecular formula is C9H4N4O. The molecule has 0 spiro atoms. The Balaban J connectivity index is 2.49. The van der Waals surface area contributed by atoms with Crippen LogP contribution in [0.3, 0.4) is 0 Å². The van der Waals surface area contributed by atoms with Gasteiger partial charge in [-0.1, -0.05) is 0 Å². The highest BCUT2D eigenvalue weighted by Gasteiger charge is 2.20. The molecule has 5 nitrogen and oxygen atoms in total. The highest BCUT2D eigenvalue weighted by molar-refractivity contribution is 6.07. The summed E-state index contributed by atoms with van der Waals surface area (Å²) < 4.78 is 0. The molecule has 0 aliphatic carbocycles. The molecule has 0 radical (unpaired) electrons. The van der Waals surface area contributed by atoms with Crippen molar-refractivity contribution in [1.82, 2.24) is 9.97 Å². The Hall–Kier alpha value is -2.17. The van der Waals surface area contributed by atoms with Crippen LogP contribution in [0.15, 0.2) is 34.8 Å². The van der Waals surface area contributed by atoms with E-state index in [9.17, 15) is 4.79 Å². The fraction of sp³-hybridized carbons (Fsp3) is 0. The summed E-state index contributed by atoms with van der Waals surface area (Å²) in [7, 11) is 0. The van der Waals surface area contributed by atoms with Gasteiger partial charge in [0.2, 0.25) is 0 Å². The van der Waals surface area contributed by atoms with Crippen molar-refractivity contribution in [2.75, 3.05) is 0 Å². The molecule has 14 heavy (non-hydrogen) atoms. The first kappa shape index (κ1) is 7.25. The first-order chi connectivity index (χ1) is 6.86. The van der Waals surface area contributed by atoms with Gasteiger partial charge in [0, 0.05) is 12.4 Å². The largest absolute Gasteiger partial charge is 0.299 e. The summed E-state index contributed by atoms with van der Waals surface area (Å²) in [5.41, 5.74) is 2.30. The minimum absolute atomic E-state index is 0.347. The second-order valence-corrected chi connectivity index (χ2v) is 2.90. The van der Waals surface area contributed by atoms with E-state index < -0.39 is 0 Å². The third kappa shape index (κ3) is 0.806. The SMILES string of the molecule is O=C1N=Nc2c1cnc1cccnc21. The zero-order valence-corrected chi connectivity index (χ0v) is 7.01. The molecule has 0 atom stereocenters. The molecule has 1 amide bonds. The smallest absolute Gasteiger partial charge is 0.265 e. The number of pyridine rings is 2. The molecule has 0 saturated heterocycles. The summed E-state index contributed by atoms with van der Waals surface area (Å²) in [6.07, 6.45) is 3.13. The quantitative estimate of drug-likeness (QED) is 0.627. The maximum atomic E-state index is 11.2. The van der Waals surface area contributed by atoms with Crippen molar-refractivity contribution in [2.24, 2.45) is 10.2 Å². The van der Waals surface area contributed by atoms with Crippen LogP contribution >= 0.6 is 0 Å². The molecule has 5 heteroatoms. The van der Waals surface area contributed by atoms with E-state index in [0.717, 1.165) is 5.52 Å². The van der Waals surface area contributed by atoms with Crippen molar-refractivity contribution >= 4 is 22.6 Å². The first-order valence-electron chi connectivity index (χ1n) is 4.06. The molecule has 0 saturated carbocycles. The van der Waals surface area contributed by atoms with Gasteiger partial charge in [-0.2, -0.15) is 0 Å². The minimum Gasteiger partial charge on any atom is -0.265 e. The average Bonchev–Trinajstić information content (AvgIpc) is 2.61. The van der Waals surface area contributed by atoms with E-state index in [-0.39, 0.29) is 5.91 Å². The number of hydrogen-bond acceptors (Lipinski definition) is 4. The number of fused-ring (bicyclic) bond motifs is 3. The van der Waals surface area contributed by atoms with E-state index in [4.69, 9.17) is 0 Å². The number of amides is 1. The predicted molar refractivity (Wildman–Crippen MR) is 48.4 cm³/mol. The van der Waals surface area contributed by atoms with Gasteiger partial charge >= 0.3 is 0 Å². The fourth-order valence-electron chi connectivity index (χ4n) is 1.41. The highest BCUT2D eigenvalue weighted by Crippen LogP contribution is 2.31. The Kier molecular flexibility index (Phi) is 1.25. The molecular weight excluding hydrogens is 180 g/mol. The van der Waals surface area contributed by atoms with E-state index >= 15 is 0 Å². The van der Waals surface area contributed by atoms with Crippen LogP contribution in [-0.4, -0.2) is 15.9 Å². The van der Waals surface area contributed by atoms with Crippen molar-refractivity contribution in [3.05, 3.63) is 30.1 Å². The van der Waals surface area contributed by atoms with Crippen LogP contribution in [0.4, 0.5) is 5.69 Å². The molecule has 2 aromatic heterocycles. The number of carbonyl (C=O) groups is 1. The monoisotopic (exact) mass is 184 g/mol. The van der Waals surface area contributed by atoms with Gasteiger partial charge in [0.05, 0.1) is 11.1 Å². The standard InChI is InChI=1S/C9H4N4O/c14-9-5-4-11-6-2-1-3-10-8(6)7(5)12-13-9/h1-4H. The second kappa shape index (κ2) is 2.41. The van der Waals surface area contributed by atoms with Gasteiger partial charge in [0.15, 0.2) is 0 Å². The average molecular weight is 184 g/mol. The van der Waals surface area contributed by atoms with Crippen LogP contribution in [0.1, 0.15) is 10.4 Å². The Morgan fingerprint density at radius 3 is 3.00 bits per heavy atom. The normalized spacial score (nSPS) is 13.6. The Labute approximate surface area is 78.5 Å². The molecule has 3 rings (SSSR count). The lowest BCUT2D eigenvalue weighted by atomic mass is 10.2. The molecule has 1 aliphatic rings. The lowest BCUT2D eigenvalue weighted by Crippen LogP contribution is -1.91. The van der Waals surface area contributed by atoms with Crippen molar-refractivity contribution in [3.63, 3.8) is 0 Å². The molecule has 0 unspecified atom stereocenters. The van der Waals surface area contributed by atoms with Gasteiger partial charge in [0.1, 0.15) is 11.2 Å². The Morgan fingerprint density at radius 2 is 2.07 bits per heavy atom. The van der Waals surface area contributed by atoms with Gasteiger partial charge in [-0.15, -0.1) is 10.2 Å². The Bertz CT molecular complexity index is 576. The zero-order chi connectivity index (χ0) is 9.54. The number of carbonyl (C=O) groups excluding carboxylic acids is 1. The summed E-state index contributed by atoms with van der Waals surface area (Å²) in [4.78, 5) is 19.4. The van der Waals surface area contributed by atoms with E-state index in [2.05, 4.69) is 20.2 Å². The van der Waals surface area contributed by atoms with Crippen LogP contribution < -0.4 is 0 Å². The van der Waals surface area contributed by atoms with E-state index in [0.29, 0.717) is 16.8 Å². The van der Waals surface area contributed by atoms with Crippen LogP contribution in [0.2, 0.25) is 0 Å². The van der Waals surface area contributed by atoms with Crippen LogP contribution in [0.25, 0.3) is 11.0 Å². The molecule has 1 aliphatic heterocycles. The van der Waals surface area contributed by atoms with Crippen molar-refractivity contribution in [1.29, 1.82) is 0 Å². The maximum absolute atomic E-state index is 11.2. The van der Waals surface area contributed by atoms with Gasteiger partial charge in [-0.05, 0) is 12.1 Å². The summed E-state index contributed by atoms with van der Waals surface area (Å²) in [6.45, 7) is 0. The molecule has 2 aromatic rings. The molecule has 0 N–H and O–H groups in total. The fourth-order valence-corrected chi connectivity index (χ4v) is 1.41. The highest BCUT2D eigenvalue weighted by atomic mass is 16.2. The van der Waals surface area contributed by atoms with Gasteiger partial charge in [-0.3, -0.25) is 14.8 Å². The third-order valence-corrected chi connectivity index (χ3v) is 2.07. The number of hydrogen-bond donors (Lipinski definition) is 0. The molecule has 0 aromatic carbocycles. The van der Waals surface area contributed by atoms with E-state index in [1.165, 1.54) is 6.20 Å². The van der Waals surface area contributed by atoms with E-state index in [1.807, 2.05) is 6.07 Å². The van der Waals surface area contributed by atoms with Gasteiger partial charge in [-0.25, -0.2) is 0 Å². The molecule has 66 valence electrons. The topological polar surface area (TPSA) is 67.6 Å². The molecule has 0 fully saturated rings. The number of aromatic nitrogens is 2. The van der Waals surface area contributed by atoms with Gasteiger partial charge < -0.3 is 0 Å². The maximum Gasteiger partial charge on any atom is 0.299 e. The lowest BCUT2D eigenvalue weighted by molar-refractivity contribution is 0.100. The van der Waals surface area contributed by atoms with E-state index in [1.54, 1.807) is 12.3 Å². The number of azo groups is 1. The van der Waals surface area contributed by atoms with Crippen molar-refractivity contribution < 1.29 is 4.79 Å². The minimum atomic E-state index is -0.347. The van der Waals surface area contributed by atoms with Crippen LogP contribution in [-0.2, 0) is 0 Å². The summed E-state index contributed by atoms with van der Waals surface area (Å²) in [5.74, 6) is -0.347. The molecule has 0 bridgehead atoms. The third-order valence-electron chi connectivity index (χ3n) is 2.07. The summed E-state index contributed by atoms with van der Waals surface area (Å²) >= 11 is 0. The van der Waals surface area contributed by atoms with Crippen LogP contribution in [0, 0.1) is 0 Å². The number of nitrogens with zero attached hydrogens (tertiary/aromatic N) is 4. The summed E-state index contributed by atoms with van der Waals surface area (Å²) in [6, 6.07) is 3.61. The lowest BCUT2D eigenvalue weighted by Gasteiger charge is -1.97. The second-order valence-electron chi connectivity index (χ2n) is 2.90. The first-order valence-corrected chi connectivity index (χ1v) is 4.06. The van der Waals surface area contributed by atoms with Crippen molar-refractivity contribution in [2.45, 2.75) is 0 Å². The number of rotatable bonds is 0. The zero-order valence-electron chi connectivity index (χ0n) is 7.01. The molecule has 3 heterocycles. The Morgan fingerprint density at radius 1 is 1.14 bits per heavy atom. The summed E-state index contributed by atoms with van der Waals surface area (Å²) in [5, 5.41) is 7.24. The van der Waals surface area contributed by atoms with Crippen LogP contribution in [0.5, 0.6) is 0 Å². The predicted octanol–water partition coefficient (Wildman–Crippen LogP) is 1.87.